The van der Waals surface area contributed by atoms with Crippen LogP contribution in [0.15, 0.2) is 30.3 Å². The molecule has 0 aliphatic rings. The van der Waals surface area contributed by atoms with Gasteiger partial charge >= 0.3 is 0 Å². The number of nitrogens with two attached hydrogens (primary N) is 1. The fourth-order valence-corrected chi connectivity index (χ4v) is 1.95. The molecule has 0 aliphatic heterocycles. The summed E-state index contributed by atoms with van der Waals surface area (Å²) < 4.78 is 4.91. The lowest BCUT2D eigenvalue weighted by atomic mass is 9.82. The Morgan fingerprint density at radius 2 is 1.89 bits per heavy atom. The minimum atomic E-state index is -0.640. The maximum atomic E-state index is 12.0. The summed E-state index contributed by atoms with van der Waals surface area (Å²) in [4.78, 5) is 12.0. The molecule has 0 heterocycles. The number of hydrogen-bond donors (Lipinski definition) is 2. The van der Waals surface area contributed by atoms with Crippen molar-refractivity contribution in [2.75, 3.05) is 13.7 Å². The van der Waals surface area contributed by atoms with E-state index in [4.69, 9.17) is 10.5 Å². The minimum Gasteiger partial charge on any atom is -0.383 e. The van der Waals surface area contributed by atoms with Crippen molar-refractivity contribution < 1.29 is 9.53 Å². The van der Waals surface area contributed by atoms with Gasteiger partial charge in [-0.2, -0.15) is 0 Å². The van der Waals surface area contributed by atoms with Gasteiger partial charge in [0.05, 0.1) is 12.6 Å². The smallest absolute Gasteiger partial charge is 0.239 e. The predicted molar refractivity (Wildman–Crippen MR) is 76.6 cm³/mol. The largest absolute Gasteiger partial charge is 0.383 e. The van der Waals surface area contributed by atoms with Crippen molar-refractivity contribution in [1.29, 1.82) is 0 Å². The number of nitrogens with one attached hydrogen (secondary N) is 1. The second-order valence-corrected chi connectivity index (χ2v) is 5.78. The molecule has 4 heteroatoms. The van der Waals surface area contributed by atoms with E-state index in [2.05, 4.69) is 26.1 Å². The Morgan fingerprint density at radius 3 is 2.37 bits per heavy atom. The summed E-state index contributed by atoms with van der Waals surface area (Å²) in [5, 5.41) is 3.01. The average Bonchev–Trinajstić information content (AvgIpc) is 2.35. The number of rotatable bonds is 5. The van der Waals surface area contributed by atoms with E-state index in [1.54, 1.807) is 0 Å². The molecule has 0 aromatic heterocycles. The van der Waals surface area contributed by atoms with Crippen LogP contribution in [-0.2, 0) is 9.53 Å². The Hall–Kier alpha value is -1.39. The van der Waals surface area contributed by atoms with E-state index in [0.717, 1.165) is 5.56 Å². The zero-order chi connectivity index (χ0) is 14.5. The number of amides is 1. The number of carbonyl (C=O) groups is 1. The molecule has 1 aromatic rings. The molecule has 4 nitrogen and oxygen atoms in total. The minimum absolute atomic E-state index is 0.0795. The summed E-state index contributed by atoms with van der Waals surface area (Å²) in [5.41, 5.74) is 6.74. The molecule has 0 radical (unpaired) electrons. The molecule has 1 rings (SSSR count). The second kappa shape index (κ2) is 6.68. The third-order valence-corrected chi connectivity index (χ3v) is 2.97. The van der Waals surface area contributed by atoms with Crippen molar-refractivity contribution in [2.45, 2.75) is 32.9 Å². The SMILES string of the molecule is COCC(N)C(=O)NC(c1ccccc1)C(C)(C)C. The molecule has 2 atom stereocenters. The van der Waals surface area contributed by atoms with Crippen LogP contribution in [0.2, 0.25) is 0 Å². The number of ether oxygens (including phenoxy) is 1. The standard InChI is InChI=1S/C15H24N2O2/c1-15(2,3)13(11-8-6-5-7-9-11)17-14(18)12(16)10-19-4/h5-9,12-13H,10,16H2,1-4H3,(H,17,18). The van der Waals surface area contributed by atoms with Crippen molar-refractivity contribution in [2.24, 2.45) is 11.1 Å². The Labute approximate surface area is 115 Å². The van der Waals surface area contributed by atoms with Gasteiger partial charge < -0.3 is 15.8 Å². The van der Waals surface area contributed by atoms with E-state index < -0.39 is 6.04 Å². The van der Waals surface area contributed by atoms with Crippen LogP contribution in [0.3, 0.4) is 0 Å². The first kappa shape index (κ1) is 15.7. The normalized spacial score (nSPS) is 14.8. The third-order valence-electron chi connectivity index (χ3n) is 2.97. The first-order valence-corrected chi connectivity index (χ1v) is 6.46. The highest BCUT2D eigenvalue weighted by Gasteiger charge is 2.29. The third kappa shape index (κ3) is 4.65. The number of carbonyl (C=O) groups excluding carboxylic acids is 1. The summed E-state index contributed by atoms with van der Waals surface area (Å²) in [6, 6.07) is 9.20. The van der Waals surface area contributed by atoms with Crippen molar-refractivity contribution in [3.8, 4) is 0 Å². The highest BCUT2D eigenvalue weighted by atomic mass is 16.5. The van der Waals surface area contributed by atoms with Gasteiger partial charge in [-0.1, -0.05) is 51.1 Å². The van der Waals surface area contributed by atoms with Crippen LogP contribution in [0.1, 0.15) is 32.4 Å². The Kier molecular flexibility index (Phi) is 5.51. The van der Waals surface area contributed by atoms with E-state index in [1.165, 1.54) is 7.11 Å². The molecule has 2 unspecified atom stereocenters. The highest BCUT2D eigenvalue weighted by molar-refractivity contribution is 5.82. The van der Waals surface area contributed by atoms with Crippen molar-refractivity contribution in [3.05, 3.63) is 35.9 Å². The van der Waals surface area contributed by atoms with Gasteiger partial charge in [0.2, 0.25) is 5.91 Å². The van der Waals surface area contributed by atoms with Crippen LogP contribution in [0, 0.1) is 5.41 Å². The topological polar surface area (TPSA) is 64.3 Å². The molecule has 3 N–H and O–H groups in total. The van der Waals surface area contributed by atoms with E-state index in [-0.39, 0.29) is 24.0 Å². The Bertz CT molecular complexity index is 398. The number of hydrogen-bond acceptors (Lipinski definition) is 3. The van der Waals surface area contributed by atoms with Gasteiger partial charge in [-0.15, -0.1) is 0 Å². The molecular weight excluding hydrogens is 240 g/mol. The van der Waals surface area contributed by atoms with E-state index >= 15 is 0 Å². The first-order chi connectivity index (χ1) is 8.86. The summed E-state index contributed by atoms with van der Waals surface area (Å²) in [6.07, 6.45) is 0. The Morgan fingerprint density at radius 1 is 1.32 bits per heavy atom. The monoisotopic (exact) mass is 264 g/mol. The van der Waals surface area contributed by atoms with E-state index in [1.807, 2.05) is 30.3 Å². The lowest BCUT2D eigenvalue weighted by molar-refractivity contribution is -0.125. The number of benzene rings is 1. The van der Waals surface area contributed by atoms with Crippen molar-refractivity contribution in [3.63, 3.8) is 0 Å². The van der Waals surface area contributed by atoms with Gasteiger partial charge in [0.15, 0.2) is 0 Å². The lowest BCUT2D eigenvalue weighted by Crippen LogP contribution is -2.47. The van der Waals surface area contributed by atoms with Crippen LogP contribution in [0.4, 0.5) is 0 Å². The number of methoxy groups -OCH3 is 1. The molecule has 0 bridgehead atoms. The predicted octanol–water partition coefficient (Wildman–Crippen LogP) is 1.86. The van der Waals surface area contributed by atoms with Gasteiger partial charge in [-0.25, -0.2) is 0 Å². The van der Waals surface area contributed by atoms with E-state index in [0.29, 0.717) is 0 Å². The van der Waals surface area contributed by atoms with Crippen LogP contribution >= 0.6 is 0 Å². The highest BCUT2D eigenvalue weighted by Crippen LogP contribution is 2.32. The van der Waals surface area contributed by atoms with Crippen molar-refractivity contribution >= 4 is 5.91 Å². The average molecular weight is 264 g/mol. The lowest BCUT2D eigenvalue weighted by Gasteiger charge is -2.32. The molecule has 106 valence electrons. The molecule has 0 spiro atoms. The van der Waals surface area contributed by atoms with Gasteiger partial charge in [0.25, 0.3) is 0 Å². The van der Waals surface area contributed by atoms with E-state index in [9.17, 15) is 4.79 Å². The first-order valence-electron chi connectivity index (χ1n) is 6.46. The summed E-state index contributed by atoms with van der Waals surface area (Å²) in [7, 11) is 1.53. The van der Waals surface area contributed by atoms with Crippen LogP contribution in [-0.4, -0.2) is 25.7 Å². The molecule has 1 amide bonds. The van der Waals surface area contributed by atoms with Crippen molar-refractivity contribution in [1.82, 2.24) is 5.32 Å². The summed E-state index contributed by atoms with van der Waals surface area (Å²) in [6.45, 7) is 6.49. The van der Waals surface area contributed by atoms with Gasteiger partial charge in [0.1, 0.15) is 6.04 Å². The molecule has 0 saturated carbocycles. The Balaban J connectivity index is 2.86. The van der Waals surface area contributed by atoms with Gasteiger partial charge in [-0.05, 0) is 11.0 Å². The molecule has 0 aliphatic carbocycles. The van der Waals surface area contributed by atoms with Crippen LogP contribution < -0.4 is 11.1 Å². The summed E-state index contributed by atoms with van der Waals surface area (Å²) in [5.74, 6) is -0.189. The van der Waals surface area contributed by atoms with Crippen LogP contribution in [0.25, 0.3) is 0 Å². The molecule has 19 heavy (non-hydrogen) atoms. The quantitative estimate of drug-likeness (QED) is 0.853. The fourth-order valence-electron chi connectivity index (χ4n) is 1.95. The maximum Gasteiger partial charge on any atom is 0.239 e. The molecule has 1 aromatic carbocycles. The maximum absolute atomic E-state index is 12.0. The zero-order valence-electron chi connectivity index (χ0n) is 12.1. The zero-order valence-corrected chi connectivity index (χ0v) is 12.1. The second-order valence-electron chi connectivity index (χ2n) is 5.78. The van der Waals surface area contributed by atoms with Crippen LogP contribution in [0.5, 0.6) is 0 Å². The molecular formula is C15H24N2O2. The molecule has 0 fully saturated rings. The van der Waals surface area contributed by atoms with Gasteiger partial charge in [-0.3, -0.25) is 4.79 Å². The summed E-state index contributed by atoms with van der Waals surface area (Å²) >= 11 is 0. The fraction of sp³-hybridized carbons (Fsp3) is 0.533. The molecule has 0 saturated heterocycles. The van der Waals surface area contributed by atoms with Gasteiger partial charge in [0, 0.05) is 7.11 Å².